The quantitative estimate of drug-likeness (QED) is 0.861. The lowest BCUT2D eigenvalue weighted by Crippen LogP contribution is -2.30. The Balaban J connectivity index is 1.58. The lowest BCUT2D eigenvalue weighted by atomic mass is 9.93. The number of rotatable bonds is 5. The first kappa shape index (κ1) is 16.9. The van der Waals surface area contributed by atoms with E-state index in [2.05, 4.69) is 10.3 Å². The number of aryl methyl sites for hydroxylation is 1. The van der Waals surface area contributed by atoms with Gasteiger partial charge in [0.15, 0.2) is 5.78 Å². The summed E-state index contributed by atoms with van der Waals surface area (Å²) in [5.74, 6) is 1.30. The number of fused-ring (bicyclic) bond motifs is 1. The van der Waals surface area contributed by atoms with Gasteiger partial charge in [0, 0.05) is 17.7 Å². The van der Waals surface area contributed by atoms with Gasteiger partial charge in [-0.2, -0.15) is 0 Å². The van der Waals surface area contributed by atoms with Gasteiger partial charge in [0.1, 0.15) is 11.4 Å². The highest BCUT2D eigenvalue weighted by molar-refractivity contribution is 6.04. The second-order valence-corrected chi connectivity index (χ2v) is 7.32. The number of nitrogens with one attached hydrogen (secondary N) is 2. The third-order valence-electron chi connectivity index (χ3n) is 5.52. The zero-order valence-corrected chi connectivity index (χ0v) is 15.2. The highest BCUT2D eigenvalue weighted by atomic mass is 16.5. The molecular formula is C21H24N2O3. The minimum absolute atomic E-state index is 0.0103. The van der Waals surface area contributed by atoms with Crippen molar-refractivity contribution in [2.24, 2.45) is 5.92 Å². The van der Waals surface area contributed by atoms with E-state index in [9.17, 15) is 9.59 Å². The van der Waals surface area contributed by atoms with Crippen molar-refractivity contribution in [3.8, 4) is 5.75 Å². The van der Waals surface area contributed by atoms with Crippen LogP contribution in [0.15, 0.2) is 24.3 Å². The number of amides is 1. The molecule has 1 atom stereocenters. The molecule has 4 rings (SSSR count). The van der Waals surface area contributed by atoms with Gasteiger partial charge < -0.3 is 15.0 Å². The molecule has 136 valence electrons. The number of aromatic amines is 1. The number of H-pyrrole nitrogens is 1. The van der Waals surface area contributed by atoms with Crippen LogP contribution in [0.5, 0.6) is 5.75 Å². The predicted octanol–water partition coefficient (Wildman–Crippen LogP) is 3.73. The zero-order chi connectivity index (χ0) is 18.3. The van der Waals surface area contributed by atoms with Crippen molar-refractivity contribution in [1.82, 2.24) is 10.3 Å². The van der Waals surface area contributed by atoms with Crippen LogP contribution in [0.1, 0.15) is 69.4 Å². The number of methoxy groups -OCH3 is 1. The fourth-order valence-electron chi connectivity index (χ4n) is 3.93. The van der Waals surface area contributed by atoms with E-state index in [-0.39, 0.29) is 17.7 Å². The fourth-order valence-corrected chi connectivity index (χ4v) is 3.93. The molecule has 5 nitrogen and oxygen atoms in total. The van der Waals surface area contributed by atoms with E-state index >= 15 is 0 Å². The van der Waals surface area contributed by atoms with Crippen LogP contribution in [0.2, 0.25) is 0 Å². The number of carbonyl (C=O) groups excluding carboxylic acids is 2. The van der Waals surface area contributed by atoms with Gasteiger partial charge >= 0.3 is 0 Å². The summed E-state index contributed by atoms with van der Waals surface area (Å²) in [4.78, 5) is 28.4. The van der Waals surface area contributed by atoms with Crippen molar-refractivity contribution in [2.45, 2.75) is 45.1 Å². The Morgan fingerprint density at radius 2 is 1.96 bits per heavy atom. The summed E-state index contributed by atoms with van der Waals surface area (Å²) in [5, 5.41) is 3.19. The van der Waals surface area contributed by atoms with Crippen molar-refractivity contribution >= 4 is 11.7 Å². The van der Waals surface area contributed by atoms with Gasteiger partial charge in [-0.1, -0.05) is 12.1 Å². The third kappa shape index (κ3) is 3.02. The number of hydrogen-bond donors (Lipinski definition) is 2. The molecule has 0 bridgehead atoms. The Labute approximate surface area is 153 Å². The zero-order valence-electron chi connectivity index (χ0n) is 15.2. The number of hydrogen-bond acceptors (Lipinski definition) is 3. The van der Waals surface area contributed by atoms with E-state index in [1.165, 1.54) is 0 Å². The van der Waals surface area contributed by atoms with Crippen LogP contribution in [0.25, 0.3) is 0 Å². The third-order valence-corrected chi connectivity index (χ3v) is 5.52. The van der Waals surface area contributed by atoms with Crippen molar-refractivity contribution in [3.63, 3.8) is 0 Å². The summed E-state index contributed by atoms with van der Waals surface area (Å²) in [5.41, 5.74) is 4.05. The molecule has 1 unspecified atom stereocenters. The van der Waals surface area contributed by atoms with E-state index in [0.717, 1.165) is 53.8 Å². The predicted molar refractivity (Wildman–Crippen MR) is 98.7 cm³/mol. The van der Waals surface area contributed by atoms with E-state index in [1.807, 2.05) is 31.2 Å². The molecule has 1 heterocycles. The van der Waals surface area contributed by atoms with Crippen LogP contribution in [-0.2, 0) is 6.42 Å². The Bertz CT molecular complexity index is 847. The Morgan fingerprint density at radius 3 is 2.58 bits per heavy atom. The van der Waals surface area contributed by atoms with Crippen LogP contribution in [0, 0.1) is 12.8 Å². The minimum atomic E-state index is -0.127. The molecule has 1 amide bonds. The van der Waals surface area contributed by atoms with E-state index < -0.39 is 0 Å². The summed E-state index contributed by atoms with van der Waals surface area (Å²) >= 11 is 0. The Kier molecular flexibility index (Phi) is 4.31. The van der Waals surface area contributed by atoms with Crippen LogP contribution in [0.4, 0.5) is 0 Å². The number of ether oxygens (including phenoxy) is 1. The molecule has 1 aromatic carbocycles. The second kappa shape index (κ2) is 6.63. The SMILES string of the molecule is COc1ccc(C(NC(=O)c2[nH]c3c(c2C)C(=O)CCC3)C2CC2)cc1. The summed E-state index contributed by atoms with van der Waals surface area (Å²) in [6.45, 7) is 1.87. The second-order valence-electron chi connectivity index (χ2n) is 7.32. The van der Waals surface area contributed by atoms with Crippen molar-refractivity contribution in [3.05, 3.63) is 52.3 Å². The van der Waals surface area contributed by atoms with Gasteiger partial charge in [-0.25, -0.2) is 0 Å². The molecule has 2 N–H and O–H groups in total. The first-order chi connectivity index (χ1) is 12.6. The van der Waals surface area contributed by atoms with Gasteiger partial charge in [0.05, 0.1) is 13.2 Å². The first-order valence-electron chi connectivity index (χ1n) is 9.28. The van der Waals surface area contributed by atoms with E-state index in [0.29, 0.717) is 18.0 Å². The fraction of sp³-hybridized carbons (Fsp3) is 0.429. The molecule has 0 saturated heterocycles. The Hall–Kier alpha value is -2.56. The topological polar surface area (TPSA) is 71.2 Å². The van der Waals surface area contributed by atoms with Crippen molar-refractivity contribution in [2.75, 3.05) is 7.11 Å². The number of aromatic nitrogens is 1. The highest BCUT2D eigenvalue weighted by Gasteiger charge is 2.35. The summed E-state index contributed by atoms with van der Waals surface area (Å²) in [7, 11) is 1.65. The maximum Gasteiger partial charge on any atom is 0.268 e. The smallest absolute Gasteiger partial charge is 0.268 e. The summed E-state index contributed by atoms with van der Waals surface area (Å²) < 4.78 is 5.22. The van der Waals surface area contributed by atoms with Crippen LogP contribution in [-0.4, -0.2) is 23.8 Å². The normalized spacial score (nSPS) is 17.5. The molecule has 26 heavy (non-hydrogen) atoms. The first-order valence-corrected chi connectivity index (χ1v) is 9.28. The molecule has 2 aromatic rings. The molecular weight excluding hydrogens is 328 g/mol. The van der Waals surface area contributed by atoms with Crippen LogP contribution >= 0.6 is 0 Å². The number of benzene rings is 1. The van der Waals surface area contributed by atoms with Crippen molar-refractivity contribution < 1.29 is 14.3 Å². The molecule has 2 aliphatic rings. The van der Waals surface area contributed by atoms with E-state index in [1.54, 1.807) is 7.11 Å². The monoisotopic (exact) mass is 352 g/mol. The molecule has 1 fully saturated rings. The highest BCUT2D eigenvalue weighted by Crippen LogP contribution is 2.41. The number of carbonyl (C=O) groups is 2. The van der Waals surface area contributed by atoms with Gasteiger partial charge in [-0.15, -0.1) is 0 Å². The summed E-state index contributed by atoms with van der Waals surface area (Å²) in [6.07, 6.45) is 4.50. The van der Waals surface area contributed by atoms with Crippen LogP contribution < -0.4 is 10.1 Å². The average Bonchev–Trinajstić information content (AvgIpc) is 3.43. The molecule has 1 saturated carbocycles. The number of Topliss-reactive ketones (excluding diaryl/α,β-unsaturated/α-hetero) is 1. The lowest BCUT2D eigenvalue weighted by molar-refractivity contribution is 0.0926. The largest absolute Gasteiger partial charge is 0.497 e. The Morgan fingerprint density at radius 1 is 1.23 bits per heavy atom. The molecule has 0 spiro atoms. The lowest BCUT2D eigenvalue weighted by Gasteiger charge is -2.19. The van der Waals surface area contributed by atoms with Gasteiger partial charge in [0.2, 0.25) is 0 Å². The maximum absolute atomic E-state index is 13.0. The molecule has 0 radical (unpaired) electrons. The van der Waals surface area contributed by atoms with Crippen molar-refractivity contribution in [1.29, 1.82) is 0 Å². The average molecular weight is 352 g/mol. The van der Waals surface area contributed by atoms with Crippen LogP contribution in [0.3, 0.4) is 0 Å². The van der Waals surface area contributed by atoms with Gasteiger partial charge in [-0.05, 0) is 61.8 Å². The van der Waals surface area contributed by atoms with E-state index in [4.69, 9.17) is 4.74 Å². The maximum atomic E-state index is 13.0. The van der Waals surface area contributed by atoms with Gasteiger partial charge in [0.25, 0.3) is 5.91 Å². The standard InChI is InChI=1S/C21H24N2O3/c1-12-18-16(4-3-5-17(18)24)22-19(12)21(25)23-20(13-6-7-13)14-8-10-15(26-2)11-9-14/h8-11,13,20,22H,3-7H2,1-2H3,(H,23,25). The van der Waals surface area contributed by atoms with Gasteiger partial charge in [-0.3, -0.25) is 9.59 Å². The summed E-state index contributed by atoms with van der Waals surface area (Å²) in [6, 6.07) is 7.86. The minimum Gasteiger partial charge on any atom is -0.497 e. The molecule has 2 aliphatic carbocycles. The molecule has 5 heteroatoms. The molecule has 0 aliphatic heterocycles. The molecule has 1 aromatic heterocycles. The number of ketones is 1.